The summed E-state index contributed by atoms with van der Waals surface area (Å²) in [6.45, 7) is 2.95. The van der Waals surface area contributed by atoms with Crippen LogP contribution in [0.5, 0.6) is 11.5 Å². The minimum Gasteiger partial charge on any atom is -0.486 e. The van der Waals surface area contributed by atoms with Gasteiger partial charge in [-0.2, -0.15) is 4.72 Å². The molecular weight excluding hydrogens is 462 g/mol. The first-order valence-electron chi connectivity index (χ1n) is 9.90. The Balaban J connectivity index is 1.65. The van der Waals surface area contributed by atoms with Gasteiger partial charge in [0, 0.05) is 12.1 Å². The molecule has 1 amide bonds. The number of nitrogens with one attached hydrogen (secondary N) is 2. The highest BCUT2D eigenvalue weighted by molar-refractivity contribution is 7.89. The van der Waals surface area contributed by atoms with Gasteiger partial charge in [0.05, 0.1) is 10.6 Å². The number of fused-ring (bicyclic) bond motifs is 1. The summed E-state index contributed by atoms with van der Waals surface area (Å²) in [5.74, 6) is -3.45. The fraction of sp³-hybridized carbons (Fsp3) is 0.333. The van der Waals surface area contributed by atoms with E-state index in [-0.39, 0.29) is 17.3 Å². The third-order valence-electron chi connectivity index (χ3n) is 4.57. The average Bonchev–Trinajstić information content (AvgIpc) is 2.77. The van der Waals surface area contributed by atoms with Crippen LogP contribution in [0.2, 0.25) is 0 Å². The third kappa shape index (κ3) is 6.17. The number of hydrogen-bond acceptors (Lipinski definition) is 7. The van der Waals surface area contributed by atoms with Gasteiger partial charge in [0.2, 0.25) is 10.0 Å². The van der Waals surface area contributed by atoms with Crippen molar-refractivity contribution in [1.82, 2.24) is 4.72 Å². The number of carbonyl (C=O) groups is 2. The van der Waals surface area contributed by atoms with E-state index >= 15 is 0 Å². The van der Waals surface area contributed by atoms with Crippen LogP contribution in [-0.2, 0) is 24.3 Å². The zero-order valence-corrected chi connectivity index (χ0v) is 18.6. The van der Waals surface area contributed by atoms with Crippen LogP contribution in [0.3, 0.4) is 0 Å². The maximum Gasteiger partial charge on any atom is 0.324 e. The number of anilines is 1. The Kier molecular flexibility index (Phi) is 7.49. The van der Waals surface area contributed by atoms with Crippen LogP contribution in [0.25, 0.3) is 0 Å². The van der Waals surface area contributed by atoms with E-state index in [4.69, 9.17) is 14.2 Å². The highest BCUT2D eigenvalue weighted by Crippen LogP contribution is 2.32. The zero-order chi connectivity index (χ0) is 24.2. The second kappa shape index (κ2) is 10.1. The largest absolute Gasteiger partial charge is 0.486 e. The number of esters is 1. The van der Waals surface area contributed by atoms with E-state index in [0.29, 0.717) is 12.4 Å². The molecule has 1 heterocycles. The molecule has 9 nitrogen and oxygen atoms in total. The lowest BCUT2D eigenvalue weighted by Crippen LogP contribution is -2.45. The van der Waals surface area contributed by atoms with Gasteiger partial charge in [-0.1, -0.05) is 13.8 Å². The minimum atomic E-state index is -4.16. The second-order valence-electron chi connectivity index (χ2n) is 7.43. The van der Waals surface area contributed by atoms with Gasteiger partial charge in [0.15, 0.2) is 18.1 Å². The smallest absolute Gasteiger partial charge is 0.324 e. The van der Waals surface area contributed by atoms with E-state index in [2.05, 4.69) is 10.0 Å². The molecule has 0 fully saturated rings. The predicted molar refractivity (Wildman–Crippen MR) is 112 cm³/mol. The van der Waals surface area contributed by atoms with Crippen molar-refractivity contribution in [2.24, 2.45) is 5.92 Å². The number of halogens is 2. The van der Waals surface area contributed by atoms with E-state index in [1.807, 2.05) is 0 Å². The Bertz CT molecular complexity index is 1160. The molecule has 12 heteroatoms. The van der Waals surface area contributed by atoms with Crippen molar-refractivity contribution < 1.29 is 41.0 Å². The number of amides is 1. The molecule has 0 spiro atoms. The van der Waals surface area contributed by atoms with E-state index < -0.39 is 57.8 Å². The van der Waals surface area contributed by atoms with Crippen molar-refractivity contribution in [1.29, 1.82) is 0 Å². The molecule has 1 atom stereocenters. The standard InChI is InChI=1S/C21H22F2N2O7S/c1-12(2)20(21(27)32-11-19(26)24-16-9-13(22)3-5-15(16)23)25-33(28,29)14-4-6-17-18(10-14)31-8-7-30-17/h3-6,9-10,12,20,25H,7-8,11H2,1-2H3,(H,24,26). The molecule has 0 saturated heterocycles. The fourth-order valence-electron chi connectivity index (χ4n) is 2.89. The molecule has 0 bridgehead atoms. The predicted octanol–water partition coefficient (Wildman–Crippen LogP) is 2.22. The molecule has 3 rings (SSSR count). The summed E-state index contributed by atoms with van der Waals surface area (Å²) in [5, 5.41) is 2.08. The molecule has 178 valence electrons. The summed E-state index contributed by atoms with van der Waals surface area (Å²) < 4.78 is 70.4. The molecule has 0 aromatic heterocycles. The van der Waals surface area contributed by atoms with Gasteiger partial charge in [-0.15, -0.1) is 0 Å². The molecule has 1 unspecified atom stereocenters. The Morgan fingerprint density at radius 2 is 1.76 bits per heavy atom. The van der Waals surface area contributed by atoms with Crippen molar-refractivity contribution in [2.45, 2.75) is 24.8 Å². The number of ether oxygens (including phenoxy) is 3. The number of rotatable bonds is 8. The topological polar surface area (TPSA) is 120 Å². The number of hydrogen-bond donors (Lipinski definition) is 2. The summed E-state index contributed by atoms with van der Waals surface area (Å²) >= 11 is 0. The molecule has 2 aromatic rings. The van der Waals surface area contributed by atoms with Gasteiger partial charge in [0.25, 0.3) is 5.91 Å². The Labute approximate surface area is 189 Å². The van der Waals surface area contributed by atoms with Crippen LogP contribution in [-0.4, -0.2) is 46.2 Å². The first kappa shape index (κ1) is 24.4. The normalized spacial score (nSPS) is 14.0. The van der Waals surface area contributed by atoms with Crippen LogP contribution in [0.1, 0.15) is 13.8 Å². The fourth-order valence-corrected chi connectivity index (χ4v) is 4.24. The molecule has 1 aliphatic rings. The van der Waals surface area contributed by atoms with E-state index in [1.54, 1.807) is 13.8 Å². The Hall–Kier alpha value is -3.25. The lowest BCUT2D eigenvalue weighted by molar-refractivity contribution is -0.150. The van der Waals surface area contributed by atoms with Crippen molar-refractivity contribution in [3.8, 4) is 11.5 Å². The van der Waals surface area contributed by atoms with Gasteiger partial charge >= 0.3 is 5.97 Å². The molecule has 2 aromatic carbocycles. The summed E-state index contributed by atoms with van der Waals surface area (Å²) in [6, 6.07) is 5.20. The van der Waals surface area contributed by atoms with Gasteiger partial charge in [0.1, 0.15) is 30.9 Å². The average molecular weight is 484 g/mol. The van der Waals surface area contributed by atoms with Crippen LogP contribution in [0, 0.1) is 17.6 Å². The maximum atomic E-state index is 13.6. The summed E-state index contributed by atoms with van der Waals surface area (Å²) in [7, 11) is -4.16. The van der Waals surface area contributed by atoms with Crippen molar-refractivity contribution >= 4 is 27.6 Å². The maximum absolute atomic E-state index is 13.6. The van der Waals surface area contributed by atoms with Crippen molar-refractivity contribution in [3.63, 3.8) is 0 Å². The monoisotopic (exact) mass is 484 g/mol. The van der Waals surface area contributed by atoms with Crippen LogP contribution in [0.4, 0.5) is 14.5 Å². The minimum absolute atomic E-state index is 0.149. The van der Waals surface area contributed by atoms with E-state index in [1.165, 1.54) is 18.2 Å². The SMILES string of the molecule is CC(C)C(NS(=O)(=O)c1ccc2c(c1)OCCO2)C(=O)OCC(=O)Nc1cc(F)ccc1F. The summed E-state index contributed by atoms with van der Waals surface area (Å²) in [4.78, 5) is 24.3. The summed E-state index contributed by atoms with van der Waals surface area (Å²) in [5.41, 5.74) is -0.421. The number of sulfonamides is 1. The highest BCUT2D eigenvalue weighted by Gasteiger charge is 2.31. The zero-order valence-electron chi connectivity index (χ0n) is 17.8. The first-order valence-corrected chi connectivity index (χ1v) is 11.4. The molecule has 0 aliphatic carbocycles. The molecule has 1 aliphatic heterocycles. The van der Waals surface area contributed by atoms with Gasteiger partial charge in [-0.3, -0.25) is 9.59 Å². The van der Waals surface area contributed by atoms with Crippen molar-refractivity contribution in [2.75, 3.05) is 25.1 Å². The second-order valence-corrected chi connectivity index (χ2v) is 9.14. The molecule has 33 heavy (non-hydrogen) atoms. The molecule has 0 saturated carbocycles. The van der Waals surface area contributed by atoms with Gasteiger partial charge in [-0.05, 0) is 30.2 Å². The van der Waals surface area contributed by atoms with Gasteiger partial charge < -0.3 is 19.5 Å². The van der Waals surface area contributed by atoms with E-state index in [9.17, 15) is 26.8 Å². The third-order valence-corrected chi connectivity index (χ3v) is 6.01. The lowest BCUT2D eigenvalue weighted by Gasteiger charge is -2.22. The van der Waals surface area contributed by atoms with Crippen LogP contribution >= 0.6 is 0 Å². The molecule has 0 radical (unpaired) electrons. The number of carbonyl (C=O) groups excluding carboxylic acids is 2. The van der Waals surface area contributed by atoms with Crippen LogP contribution in [0.15, 0.2) is 41.3 Å². The highest BCUT2D eigenvalue weighted by atomic mass is 32.2. The number of benzene rings is 2. The van der Waals surface area contributed by atoms with Gasteiger partial charge in [-0.25, -0.2) is 17.2 Å². The van der Waals surface area contributed by atoms with Crippen molar-refractivity contribution in [3.05, 3.63) is 48.0 Å². The first-order chi connectivity index (χ1) is 15.6. The Morgan fingerprint density at radius 1 is 1.06 bits per heavy atom. The quantitative estimate of drug-likeness (QED) is 0.552. The lowest BCUT2D eigenvalue weighted by atomic mass is 10.1. The molecule has 2 N–H and O–H groups in total. The van der Waals surface area contributed by atoms with E-state index in [0.717, 1.165) is 18.2 Å². The molecular formula is C21H22F2N2O7S. The Morgan fingerprint density at radius 3 is 2.45 bits per heavy atom. The van der Waals surface area contributed by atoms with Crippen LogP contribution < -0.4 is 19.5 Å². The summed E-state index contributed by atoms with van der Waals surface area (Å²) in [6.07, 6.45) is 0.